The monoisotopic (exact) mass is 241 g/mol. The van der Waals surface area contributed by atoms with Crippen molar-refractivity contribution in [1.82, 2.24) is 9.80 Å². The molecule has 2 unspecified atom stereocenters. The van der Waals surface area contributed by atoms with E-state index in [1.807, 2.05) is 20.9 Å². The summed E-state index contributed by atoms with van der Waals surface area (Å²) in [6, 6.07) is 0.115. The van der Waals surface area contributed by atoms with Gasteiger partial charge >= 0.3 is 0 Å². The Balaban J connectivity index is 2.54. The lowest BCUT2D eigenvalue weighted by Gasteiger charge is -2.32. The van der Waals surface area contributed by atoms with Crippen molar-refractivity contribution in [3.05, 3.63) is 0 Å². The topological polar surface area (TPSA) is 49.6 Å². The lowest BCUT2D eigenvalue weighted by atomic mass is 10.2. The Labute approximate surface area is 105 Å². The van der Waals surface area contributed by atoms with Crippen LogP contribution in [0.3, 0.4) is 0 Å². The van der Waals surface area contributed by atoms with Crippen molar-refractivity contribution in [2.45, 2.75) is 51.6 Å². The highest BCUT2D eigenvalue weighted by atomic mass is 16.2. The van der Waals surface area contributed by atoms with E-state index in [9.17, 15) is 4.79 Å². The molecule has 1 aliphatic rings. The van der Waals surface area contributed by atoms with Gasteiger partial charge in [-0.15, -0.1) is 0 Å². The highest BCUT2D eigenvalue weighted by Crippen LogP contribution is 2.14. The molecule has 1 amide bonds. The predicted octanol–water partition coefficient (Wildman–Crippen LogP) is 1.06. The van der Waals surface area contributed by atoms with Crippen LogP contribution in [0.25, 0.3) is 0 Å². The fourth-order valence-electron chi connectivity index (χ4n) is 2.31. The van der Waals surface area contributed by atoms with Gasteiger partial charge in [-0.25, -0.2) is 0 Å². The lowest BCUT2D eigenvalue weighted by Crippen LogP contribution is -2.50. The highest BCUT2D eigenvalue weighted by Gasteiger charge is 2.26. The Hall–Kier alpha value is -0.610. The van der Waals surface area contributed by atoms with Crippen LogP contribution in [-0.4, -0.2) is 54.5 Å². The minimum absolute atomic E-state index is 0.00731. The fraction of sp³-hybridized carbons (Fsp3) is 0.923. The van der Waals surface area contributed by atoms with Crippen LogP contribution in [0, 0.1) is 0 Å². The van der Waals surface area contributed by atoms with Gasteiger partial charge < -0.3 is 10.6 Å². The third kappa shape index (κ3) is 3.96. The van der Waals surface area contributed by atoms with Gasteiger partial charge in [0, 0.05) is 19.6 Å². The zero-order chi connectivity index (χ0) is 12.8. The lowest BCUT2D eigenvalue weighted by molar-refractivity contribution is -0.136. The third-order valence-electron chi connectivity index (χ3n) is 3.90. The van der Waals surface area contributed by atoms with Crippen LogP contribution in [0.1, 0.15) is 39.5 Å². The van der Waals surface area contributed by atoms with E-state index in [4.69, 9.17) is 5.73 Å². The number of nitrogens with two attached hydrogens (primary N) is 1. The van der Waals surface area contributed by atoms with Gasteiger partial charge in [0.25, 0.3) is 0 Å². The SMILES string of the molecule is CC(C(=O)N(C)C(C)CN)N1CCCCCC1. The molecular formula is C13H27N3O. The summed E-state index contributed by atoms with van der Waals surface area (Å²) in [6.07, 6.45) is 5.03. The molecule has 1 fully saturated rings. The summed E-state index contributed by atoms with van der Waals surface area (Å²) in [4.78, 5) is 16.4. The standard InChI is InChI=1S/C13H27N3O/c1-11(10-14)15(3)13(17)12(2)16-8-6-4-5-7-9-16/h11-12H,4-10,14H2,1-3H3. The maximum atomic E-state index is 12.3. The molecule has 0 aromatic carbocycles. The smallest absolute Gasteiger partial charge is 0.239 e. The highest BCUT2D eigenvalue weighted by molar-refractivity contribution is 5.81. The molecule has 4 nitrogen and oxygen atoms in total. The van der Waals surface area contributed by atoms with Crippen LogP contribution < -0.4 is 5.73 Å². The normalized spacial score (nSPS) is 21.6. The van der Waals surface area contributed by atoms with Crippen molar-refractivity contribution in [1.29, 1.82) is 0 Å². The first-order valence-corrected chi connectivity index (χ1v) is 6.78. The maximum Gasteiger partial charge on any atom is 0.239 e. The van der Waals surface area contributed by atoms with Crippen LogP contribution in [0.5, 0.6) is 0 Å². The third-order valence-corrected chi connectivity index (χ3v) is 3.90. The van der Waals surface area contributed by atoms with Gasteiger partial charge in [0.1, 0.15) is 0 Å². The van der Waals surface area contributed by atoms with Gasteiger partial charge in [0.2, 0.25) is 5.91 Å². The van der Waals surface area contributed by atoms with E-state index in [1.165, 1.54) is 25.7 Å². The van der Waals surface area contributed by atoms with Gasteiger partial charge in [-0.05, 0) is 39.8 Å². The molecule has 0 aliphatic carbocycles. The Morgan fingerprint density at radius 3 is 2.24 bits per heavy atom. The molecule has 0 saturated carbocycles. The Morgan fingerprint density at radius 1 is 1.24 bits per heavy atom. The first-order valence-electron chi connectivity index (χ1n) is 6.78. The van der Waals surface area contributed by atoms with E-state index >= 15 is 0 Å². The molecule has 0 spiro atoms. The number of hydrogen-bond acceptors (Lipinski definition) is 3. The summed E-state index contributed by atoms with van der Waals surface area (Å²) >= 11 is 0. The van der Waals surface area contributed by atoms with Crippen LogP contribution >= 0.6 is 0 Å². The second-order valence-electron chi connectivity index (χ2n) is 5.16. The summed E-state index contributed by atoms with van der Waals surface area (Å²) in [5.74, 6) is 0.199. The average Bonchev–Trinajstić information content (AvgIpc) is 2.63. The molecular weight excluding hydrogens is 214 g/mol. The number of hydrogen-bond donors (Lipinski definition) is 1. The Morgan fingerprint density at radius 2 is 1.76 bits per heavy atom. The fourth-order valence-corrected chi connectivity index (χ4v) is 2.31. The first kappa shape index (κ1) is 14.5. The van der Waals surface area contributed by atoms with Gasteiger partial charge in [0.15, 0.2) is 0 Å². The largest absolute Gasteiger partial charge is 0.340 e. The van der Waals surface area contributed by atoms with Crippen LogP contribution in [-0.2, 0) is 4.79 Å². The number of carbonyl (C=O) groups excluding carboxylic acids is 1. The molecule has 1 heterocycles. The summed E-state index contributed by atoms with van der Waals surface area (Å²) < 4.78 is 0. The van der Waals surface area contributed by atoms with Gasteiger partial charge in [-0.2, -0.15) is 0 Å². The zero-order valence-electron chi connectivity index (χ0n) is 11.5. The van der Waals surface area contributed by atoms with Gasteiger partial charge in [-0.1, -0.05) is 12.8 Å². The number of nitrogens with zero attached hydrogens (tertiary/aromatic N) is 2. The van der Waals surface area contributed by atoms with Crippen LogP contribution in [0.15, 0.2) is 0 Å². The van der Waals surface area contributed by atoms with Crippen molar-refractivity contribution in [2.75, 3.05) is 26.7 Å². The molecule has 100 valence electrons. The molecule has 0 bridgehead atoms. The number of likely N-dealkylation sites (tertiary alicyclic amines) is 1. The van der Waals surface area contributed by atoms with E-state index in [0.29, 0.717) is 6.54 Å². The van der Waals surface area contributed by atoms with Crippen LogP contribution in [0.4, 0.5) is 0 Å². The van der Waals surface area contributed by atoms with Crippen molar-refractivity contribution in [3.8, 4) is 0 Å². The number of amides is 1. The molecule has 1 aliphatic heterocycles. The molecule has 1 saturated heterocycles. The molecule has 17 heavy (non-hydrogen) atoms. The summed E-state index contributed by atoms with van der Waals surface area (Å²) in [7, 11) is 1.86. The molecule has 0 radical (unpaired) electrons. The maximum absolute atomic E-state index is 12.3. The molecule has 0 aromatic rings. The van der Waals surface area contributed by atoms with Gasteiger partial charge in [-0.3, -0.25) is 9.69 Å². The quantitative estimate of drug-likeness (QED) is 0.800. The molecule has 0 aromatic heterocycles. The van der Waals surface area contributed by atoms with E-state index in [-0.39, 0.29) is 18.0 Å². The number of carbonyl (C=O) groups is 1. The van der Waals surface area contributed by atoms with E-state index in [0.717, 1.165) is 13.1 Å². The van der Waals surface area contributed by atoms with Crippen molar-refractivity contribution >= 4 is 5.91 Å². The number of likely N-dealkylation sites (N-methyl/N-ethyl adjacent to an activating group) is 1. The second kappa shape index (κ2) is 6.97. The van der Waals surface area contributed by atoms with Crippen LogP contribution in [0.2, 0.25) is 0 Å². The molecule has 2 N–H and O–H groups in total. The Bertz CT molecular complexity index is 237. The molecule has 4 heteroatoms. The Kier molecular flexibility index (Phi) is 5.92. The average molecular weight is 241 g/mol. The minimum Gasteiger partial charge on any atom is -0.340 e. The minimum atomic E-state index is -0.00731. The van der Waals surface area contributed by atoms with Crippen molar-refractivity contribution in [2.24, 2.45) is 5.73 Å². The second-order valence-corrected chi connectivity index (χ2v) is 5.16. The predicted molar refractivity (Wildman–Crippen MR) is 70.8 cm³/mol. The summed E-state index contributed by atoms with van der Waals surface area (Å²) in [6.45, 7) is 6.64. The molecule has 1 rings (SSSR count). The molecule has 2 atom stereocenters. The van der Waals surface area contributed by atoms with E-state index in [2.05, 4.69) is 4.90 Å². The zero-order valence-corrected chi connectivity index (χ0v) is 11.5. The van der Waals surface area contributed by atoms with Crippen molar-refractivity contribution < 1.29 is 4.79 Å². The summed E-state index contributed by atoms with van der Waals surface area (Å²) in [5, 5.41) is 0. The summed E-state index contributed by atoms with van der Waals surface area (Å²) in [5.41, 5.74) is 5.61. The number of rotatable bonds is 4. The van der Waals surface area contributed by atoms with Gasteiger partial charge in [0.05, 0.1) is 6.04 Å². The first-order chi connectivity index (χ1) is 8.07. The van der Waals surface area contributed by atoms with E-state index < -0.39 is 0 Å². The van der Waals surface area contributed by atoms with E-state index in [1.54, 1.807) is 4.90 Å². The van der Waals surface area contributed by atoms with Crippen molar-refractivity contribution in [3.63, 3.8) is 0 Å².